The lowest BCUT2D eigenvalue weighted by atomic mass is 9.95. The molecular formula is C20H32FN3O. The number of rotatable bonds is 7. The van der Waals surface area contributed by atoms with Crippen LogP contribution in [0.25, 0.3) is 0 Å². The monoisotopic (exact) mass is 349 g/mol. The summed E-state index contributed by atoms with van der Waals surface area (Å²) in [4.78, 5) is 19.5. The van der Waals surface area contributed by atoms with Gasteiger partial charge >= 0.3 is 0 Å². The molecule has 0 spiro atoms. The van der Waals surface area contributed by atoms with Gasteiger partial charge in [0.25, 0.3) is 0 Å². The summed E-state index contributed by atoms with van der Waals surface area (Å²) < 4.78 is 14.0. The van der Waals surface area contributed by atoms with Crippen LogP contribution in [0.3, 0.4) is 0 Å². The maximum absolute atomic E-state index is 14.0. The van der Waals surface area contributed by atoms with Crippen molar-refractivity contribution >= 4 is 5.91 Å². The zero-order valence-corrected chi connectivity index (χ0v) is 16.0. The maximum atomic E-state index is 14.0. The molecule has 1 aromatic carbocycles. The first-order valence-electron chi connectivity index (χ1n) is 9.25. The average molecular weight is 349 g/mol. The SMILES string of the molecule is C[C@H](CC(=O)N(CCN(C)C)C1CCN(C)CC1)c1ccccc1F. The van der Waals surface area contributed by atoms with Crippen molar-refractivity contribution in [3.8, 4) is 0 Å². The molecule has 4 nitrogen and oxygen atoms in total. The van der Waals surface area contributed by atoms with Crippen LogP contribution in [-0.2, 0) is 4.79 Å². The lowest BCUT2D eigenvalue weighted by Crippen LogP contribution is -2.48. The van der Waals surface area contributed by atoms with E-state index in [1.165, 1.54) is 6.07 Å². The average Bonchev–Trinajstić information content (AvgIpc) is 2.56. The number of carbonyl (C=O) groups is 1. The highest BCUT2D eigenvalue weighted by molar-refractivity contribution is 5.77. The Labute approximate surface area is 151 Å². The van der Waals surface area contributed by atoms with E-state index in [9.17, 15) is 9.18 Å². The lowest BCUT2D eigenvalue weighted by Gasteiger charge is -2.38. The van der Waals surface area contributed by atoms with E-state index in [1.54, 1.807) is 12.1 Å². The number of hydrogen-bond donors (Lipinski definition) is 0. The van der Waals surface area contributed by atoms with Gasteiger partial charge in [-0.25, -0.2) is 4.39 Å². The van der Waals surface area contributed by atoms with E-state index >= 15 is 0 Å². The summed E-state index contributed by atoms with van der Waals surface area (Å²) in [6.07, 6.45) is 2.40. The summed E-state index contributed by atoms with van der Waals surface area (Å²) >= 11 is 0. The van der Waals surface area contributed by atoms with E-state index in [4.69, 9.17) is 0 Å². The molecule has 1 aliphatic heterocycles. The van der Waals surface area contributed by atoms with Gasteiger partial charge in [-0.15, -0.1) is 0 Å². The maximum Gasteiger partial charge on any atom is 0.223 e. The number of hydrogen-bond acceptors (Lipinski definition) is 3. The van der Waals surface area contributed by atoms with Crippen LogP contribution in [0.2, 0.25) is 0 Å². The van der Waals surface area contributed by atoms with Crippen LogP contribution in [0.4, 0.5) is 4.39 Å². The second kappa shape index (κ2) is 9.30. The Morgan fingerprint density at radius 3 is 2.48 bits per heavy atom. The number of likely N-dealkylation sites (tertiary alicyclic amines) is 1. The molecule has 5 heteroatoms. The Morgan fingerprint density at radius 1 is 1.24 bits per heavy atom. The molecule has 25 heavy (non-hydrogen) atoms. The number of amides is 1. The van der Waals surface area contributed by atoms with E-state index in [2.05, 4.69) is 16.8 Å². The summed E-state index contributed by atoms with van der Waals surface area (Å²) in [5, 5.41) is 0. The number of halogens is 1. The van der Waals surface area contributed by atoms with Crippen molar-refractivity contribution in [1.82, 2.24) is 14.7 Å². The standard InChI is InChI=1S/C20H32FN3O/c1-16(18-7-5-6-8-19(18)21)15-20(25)24(14-13-22(2)3)17-9-11-23(4)12-10-17/h5-8,16-17H,9-15H2,1-4H3/t16-/m1/s1. The third-order valence-electron chi connectivity index (χ3n) is 5.15. The molecular weight excluding hydrogens is 317 g/mol. The largest absolute Gasteiger partial charge is 0.338 e. The van der Waals surface area contributed by atoms with Crippen molar-refractivity contribution in [1.29, 1.82) is 0 Å². The quantitative estimate of drug-likeness (QED) is 0.757. The van der Waals surface area contributed by atoms with Gasteiger partial charge in [0.15, 0.2) is 0 Å². The Kier molecular flexibility index (Phi) is 7.38. The van der Waals surface area contributed by atoms with E-state index in [0.717, 1.165) is 39.0 Å². The van der Waals surface area contributed by atoms with E-state index < -0.39 is 0 Å². The number of benzene rings is 1. The summed E-state index contributed by atoms with van der Waals surface area (Å²) in [7, 11) is 6.18. The fourth-order valence-electron chi connectivity index (χ4n) is 3.49. The van der Waals surface area contributed by atoms with Gasteiger partial charge in [-0.05, 0) is 64.6 Å². The van der Waals surface area contributed by atoms with Crippen molar-refractivity contribution in [2.45, 2.75) is 38.1 Å². The van der Waals surface area contributed by atoms with E-state index in [-0.39, 0.29) is 17.6 Å². The summed E-state index contributed by atoms with van der Waals surface area (Å²) in [5.74, 6) is -0.184. The third kappa shape index (κ3) is 5.79. The van der Waals surface area contributed by atoms with Gasteiger partial charge in [0.2, 0.25) is 5.91 Å². The molecule has 0 radical (unpaired) electrons. The highest BCUT2D eigenvalue weighted by Gasteiger charge is 2.28. The molecule has 1 aliphatic rings. The van der Waals surface area contributed by atoms with Crippen LogP contribution in [-0.4, -0.2) is 74.0 Å². The fraction of sp³-hybridized carbons (Fsp3) is 0.650. The molecule has 0 N–H and O–H groups in total. The molecule has 1 fully saturated rings. The zero-order chi connectivity index (χ0) is 18.4. The molecule has 1 amide bonds. The van der Waals surface area contributed by atoms with Crippen molar-refractivity contribution in [3.63, 3.8) is 0 Å². The van der Waals surface area contributed by atoms with Crippen LogP contribution in [0.1, 0.15) is 37.7 Å². The summed E-state index contributed by atoms with van der Waals surface area (Å²) in [6, 6.07) is 7.08. The first kappa shape index (κ1) is 19.9. The molecule has 0 saturated carbocycles. The van der Waals surface area contributed by atoms with E-state index in [1.807, 2.05) is 32.0 Å². The first-order valence-corrected chi connectivity index (χ1v) is 9.25. The Balaban J connectivity index is 2.04. The highest BCUT2D eigenvalue weighted by atomic mass is 19.1. The Bertz CT molecular complexity index is 556. The second-order valence-corrected chi connectivity index (χ2v) is 7.55. The predicted molar refractivity (Wildman–Crippen MR) is 100 cm³/mol. The van der Waals surface area contributed by atoms with Gasteiger partial charge in [-0.2, -0.15) is 0 Å². The molecule has 2 rings (SSSR count). The fourth-order valence-corrected chi connectivity index (χ4v) is 3.49. The Hall–Kier alpha value is -1.46. The third-order valence-corrected chi connectivity index (χ3v) is 5.15. The predicted octanol–water partition coefficient (Wildman–Crippen LogP) is 2.80. The molecule has 140 valence electrons. The van der Waals surface area contributed by atoms with Gasteiger partial charge in [0.05, 0.1) is 0 Å². The zero-order valence-electron chi connectivity index (χ0n) is 16.0. The Morgan fingerprint density at radius 2 is 1.88 bits per heavy atom. The number of piperidine rings is 1. The molecule has 1 atom stereocenters. The van der Waals surface area contributed by atoms with Crippen molar-refractivity contribution in [2.24, 2.45) is 0 Å². The van der Waals surface area contributed by atoms with Crippen molar-refractivity contribution < 1.29 is 9.18 Å². The second-order valence-electron chi connectivity index (χ2n) is 7.55. The number of carbonyl (C=O) groups excluding carboxylic acids is 1. The lowest BCUT2D eigenvalue weighted by molar-refractivity contribution is -0.135. The summed E-state index contributed by atoms with van der Waals surface area (Å²) in [5.41, 5.74) is 0.631. The van der Waals surface area contributed by atoms with Gasteiger partial charge in [-0.1, -0.05) is 25.1 Å². The van der Waals surface area contributed by atoms with E-state index in [0.29, 0.717) is 18.0 Å². The molecule has 0 unspecified atom stereocenters. The normalized spacial score (nSPS) is 17.7. The smallest absolute Gasteiger partial charge is 0.223 e. The van der Waals surface area contributed by atoms with Crippen LogP contribution in [0, 0.1) is 5.82 Å². The summed E-state index contributed by atoms with van der Waals surface area (Å²) in [6.45, 7) is 5.59. The van der Waals surface area contributed by atoms with Crippen LogP contribution in [0.15, 0.2) is 24.3 Å². The van der Waals surface area contributed by atoms with Gasteiger partial charge in [0.1, 0.15) is 5.82 Å². The van der Waals surface area contributed by atoms with Crippen molar-refractivity contribution in [2.75, 3.05) is 47.3 Å². The van der Waals surface area contributed by atoms with Gasteiger partial charge in [-0.3, -0.25) is 4.79 Å². The van der Waals surface area contributed by atoms with Crippen LogP contribution < -0.4 is 0 Å². The minimum Gasteiger partial charge on any atom is -0.338 e. The molecule has 1 saturated heterocycles. The van der Waals surface area contributed by atoms with Crippen molar-refractivity contribution in [3.05, 3.63) is 35.6 Å². The molecule has 0 aliphatic carbocycles. The van der Waals surface area contributed by atoms with Gasteiger partial charge < -0.3 is 14.7 Å². The van der Waals surface area contributed by atoms with Crippen LogP contribution in [0.5, 0.6) is 0 Å². The highest BCUT2D eigenvalue weighted by Crippen LogP contribution is 2.24. The minimum atomic E-state index is -0.220. The molecule has 0 bridgehead atoms. The minimum absolute atomic E-state index is 0.109. The molecule has 0 aromatic heterocycles. The molecule has 1 heterocycles. The first-order chi connectivity index (χ1) is 11.9. The number of nitrogens with zero attached hydrogens (tertiary/aromatic N) is 3. The van der Waals surface area contributed by atoms with Crippen LogP contribution >= 0.6 is 0 Å². The van der Waals surface area contributed by atoms with Gasteiger partial charge in [0, 0.05) is 25.6 Å². The molecule has 1 aromatic rings. The number of likely N-dealkylation sites (N-methyl/N-ethyl adjacent to an activating group) is 1. The topological polar surface area (TPSA) is 26.8 Å².